The fourth-order valence-corrected chi connectivity index (χ4v) is 3.51. The molecule has 1 aromatic rings. The van der Waals surface area contributed by atoms with Gasteiger partial charge in [-0.3, -0.25) is 0 Å². The van der Waals surface area contributed by atoms with Crippen molar-refractivity contribution in [1.82, 2.24) is 4.90 Å². The second-order valence-electron chi connectivity index (χ2n) is 5.62. The quantitative estimate of drug-likeness (QED) is 0.567. The first kappa shape index (κ1) is 17.0. The number of carbonyl (C=O) groups is 2. The molecule has 2 rings (SSSR count). The van der Waals surface area contributed by atoms with Gasteiger partial charge >= 0.3 is 6.09 Å². The van der Waals surface area contributed by atoms with Crippen molar-refractivity contribution in [2.75, 3.05) is 13.1 Å². The van der Waals surface area contributed by atoms with E-state index in [0.717, 1.165) is 44.2 Å². The molecule has 1 heterocycles. The lowest BCUT2D eigenvalue weighted by atomic mass is 9.92. The molecule has 1 aliphatic heterocycles. The first-order valence-corrected chi connectivity index (χ1v) is 8.65. The number of hydrogen-bond acceptors (Lipinski definition) is 3. The molecule has 0 aromatic heterocycles. The first-order valence-electron chi connectivity index (χ1n) is 7.74. The summed E-state index contributed by atoms with van der Waals surface area (Å²) in [7, 11) is 0. The van der Waals surface area contributed by atoms with E-state index < -0.39 is 0 Å². The van der Waals surface area contributed by atoms with E-state index >= 15 is 0 Å². The molecular formula is C17H22BrNO3. The van der Waals surface area contributed by atoms with Crippen LogP contribution in [-0.2, 0) is 16.1 Å². The van der Waals surface area contributed by atoms with Crippen molar-refractivity contribution in [3.8, 4) is 0 Å². The summed E-state index contributed by atoms with van der Waals surface area (Å²) in [5, 5.41) is 0. The van der Waals surface area contributed by atoms with E-state index in [9.17, 15) is 9.59 Å². The highest BCUT2D eigenvalue weighted by atomic mass is 79.9. The topological polar surface area (TPSA) is 46.6 Å². The van der Waals surface area contributed by atoms with Crippen molar-refractivity contribution >= 4 is 28.3 Å². The van der Waals surface area contributed by atoms with Crippen LogP contribution < -0.4 is 0 Å². The van der Waals surface area contributed by atoms with Crippen LogP contribution in [0.25, 0.3) is 0 Å². The summed E-state index contributed by atoms with van der Waals surface area (Å²) in [5.41, 5.74) is 1.00. The summed E-state index contributed by atoms with van der Waals surface area (Å²) in [6.45, 7) is 1.77. The average molecular weight is 368 g/mol. The molecule has 5 heteroatoms. The minimum absolute atomic E-state index is 0.235. The molecule has 0 N–H and O–H groups in total. The standard InChI is InChI=1S/C17H22BrNO3/c18-16(7-4-12-20)15-8-10-19(11-9-15)17(21)22-13-14-5-2-1-3-6-14/h1-3,5-6,12,15-16H,4,7-11,13H2. The summed E-state index contributed by atoms with van der Waals surface area (Å²) in [5.74, 6) is 0.526. The van der Waals surface area contributed by atoms with Gasteiger partial charge in [-0.15, -0.1) is 0 Å². The van der Waals surface area contributed by atoms with Gasteiger partial charge in [0, 0.05) is 24.3 Å². The predicted molar refractivity (Wildman–Crippen MR) is 88.9 cm³/mol. The van der Waals surface area contributed by atoms with Crippen molar-refractivity contribution in [3.05, 3.63) is 35.9 Å². The zero-order chi connectivity index (χ0) is 15.8. The van der Waals surface area contributed by atoms with Gasteiger partial charge in [0.05, 0.1) is 0 Å². The molecular weight excluding hydrogens is 346 g/mol. The monoisotopic (exact) mass is 367 g/mol. The summed E-state index contributed by atoms with van der Waals surface area (Å²) in [4.78, 5) is 24.6. The number of aldehydes is 1. The lowest BCUT2D eigenvalue weighted by Gasteiger charge is -2.33. The van der Waals surface area contributed by atoms with Gasteiger partial charge in [0.1, 0.15) is 12.9 Å². The molecule has 1 fully saturated rings. The number of carbonyl (C=O) groups excluding carboxylic acids is 2. The molecule has 0 saturated carbocycles. The van der Waals surface area contributed by atoms with E-state index in [0.29, 0.717) is 23.8 Å². The van der Waals surface area contributed by atoms with E-state index in [2.05, 4.69) is 15.9 Å². The van der Waals surface area contributed by atoms with Crippen LogP contribution in [0.15, 0.2) is 30.3 Å². The highest BCUT2D eigenvalue weighted by Crippen LogP contribution is 2.28. The van der Waals surface area contributed by atoms with Crippen LogP contribution in [0.4, 0.5) is 4.79 Å². The second-order valence-corrected chi connectivity index (χ2v) is 6.80. The Morgan fingerprint density at radius 3 is 2.64 bits per heavy atom. The number of halogens is 1. The fraction of sp³-hybridized carbons (Fsp3) is 0.529. The van der Waals surface area contributed by atoms with Gasteiger partial charge in [0.15, 0.2) is 0 Å². The van der Waals surface area contributed by atoms with Gasteiger partial charge < -0.3 is 14.4 Å². The molecule has 0 aliphatic carbocycles. The Morgan fingerprint density at radius 2 is 2.00 bits per heavy atom. The number of amides is 1. The minimum atomic E-state index is -0.235. The molecule has 1 atom stereocenters. The first-order chi connectivity index (χ1) is 10.7. The molecule has 0 bridgehead atoms. The van der Waals surface area contributed by atoms with Gasteiger partial charge in [-0.1, -0.05) is 46.3 Å². The van der Waals surface area contributed by atoms with Gasteiger partial charge in [0.25, 0.3) is 0 Å². The number of rotatable bonds is 6. The lowest BCUT2D eigenvalue weighted by molar-refractivity contribution is -0.107. The minimum Gasteiger partial charge on any atom is -0.445 e. The summed E-state index contributed by atoms with van der Waals surface area (Å²) in [6, 6.07) is 9.70. The van der Waals surface area contributed by atoms with Crippen molar-refractivity contribution in [2.24, 2.45) is 5.92 Å². The zero-order valence-electron chi connectivity index (χ0n) is 12.6. The van der Waals surface area contributed by atoms with Crippen molar-refractivity contribution < 1.29 is 14.3 Å². The van der Waals surface area contributed by atoms with Crippen LogP contribution in [0.1, 0.15) is 31.2 Å². The van der Waals surface area contributed by atoms with E-state index in [-0.39, 0.29) is 6.09 Å². The van der Waals surface area contributed by atoms with Gasteiger partial charge in [-0.2, -0.15) is 0 Å². The number of alkyl halides is 1. The number of piperidine rings is 1. The highest BCUT2D eigenvalue weighted by molar-refractivity contribution is 9.09. The van der Waals surface area contributed by atoms with Crippen LogP contribution in [0.5, 0.6) is 0 Å². The molecule has 4 nitrogen and oxygen atoms in total. The largest absolute Gasteiger partial charge is 0.445 e. The lowest BCUT2D eigenvalue weighted by Crippen LogP contribution is -2.40. The Kier molecular flexibility index (Phi) is 6.90. The van der Waals surface area contributed by atoms with Gasteiger partial charge in [0.2, 0.25) is 0 Å². The van der Waals surface area contributed by atoms with E-state index in [4.69, 9.17) is 4.74 Å². The number of hydrogen-bond donors (Lipinski definition) is 0. The van der Waals surface area contributed by atoms with Crippen LogP contribution in [0, 0.1) is 5.92 Å². The van der Waals surface area contributed by atoms with E-state index in [1.165, 1.54) is 0 Å². The third-order valence-corrected chi connectivity index (χ3v) is 5.28. The molecule has 1 unspecified atom stereocenters. The Morgan fingerprint density at radius 1 is 1.32 bits per heavy atom. The number of benzene rings is 1. The third-order valence-electron chi connectivity index (χ3n) is 4.07. The second kappa shape index (κ2) is 8.93. The van der Waals surface area contributed by atoms with Crippen molar-refractivity contribution in [1.29, 1.82) is 0 Å². The van der Waals surface area contributed by atoms with Crippen LogP contribution in [0.3, 0.4) is 0 Å². The van der Waals surface area contributed by atoms with Crippen LogP contribution >= 0.6 is 15.9 Å². The number of nitrogens with zero attached hydrogens (tertiary/aromatic N) is 1. The van der Waals surface area contributed by atoms with Gasteiger partial charge in [-0.25, -0.2) is 4.79 Å². The average Bonchev–Trinajstić information content (AvgIpc) is 2.58. The zero-order valence-corrected chi connectivity index (χ0v) is 14.2. The van der Waals surface area contributed by atoms with Gasteiger partial charge in [-0.05, 0) is 30.7 Å². The summed E-state index contributed by atoms with van der Waals surface area (Å²) >= 11 is 3.67. The predicted octanol–water partition coefficient (Wildman–Crippen LogP) is 3.78. The maximum Gasteiger partial charge on any atom is 0.410 e. The molecule has 0 spiro atoms. The smallest absolute Gasteiger partial charge is 0.410 e. The molecule has 1 saturated heterocycles. The van der Waals surface area contributed by atoms with E-state index in [1.54, 1.807) is 4.90 Å². The van der Waals surface area contributed by atoms with Crippen LogP contribution in [-0.4, -0.2) is 35.2 Å². The maximum atomic E-state index is 12.1. The molecule has 1 aliphatic rings. The molecule has 1 amide bonds. The highest BCUT2D eigenvalue weighted by Gasteiger charge is 2.27. The Balaban J connectivity index is 1.71. The van der Waals surface area contributed by atoms with Crippen LogP contribution in [0.2, 0.25) is 0 Å². The Bertz CT molecular complexity index is 472. The molecule has 1 aromatic carbocycles. The Labute approximate surface area is 140 Å². The molecule has 22 heavy (non-hydrogen) atoms. The normalized spacial score (nSPS) is 17.0. The number of likely N-dealkylation sites (tertiary alicyclic amines) is 1. The molecule has 120 valence electrons. The number of ether oxygens (including phenoxy) is 1. The van der Waals surface area contributed by atoms with Crippen molar-refractivity contribution in [3.63, 3.8) is 0 Å². The molecule has 0 radical (unpaired) electrons. The fourth-order valence-electron chi connectivity index (χ4n) is 2.72. The SMILES string of the molecule is O=CCCC(Br)C1CCN(C(=O)OCc2ccccc2)CC1. The third kappa shape index (κ3) is 5.13. The summed E-state index contributed by atoms with van der Waals surface area (Å²) in [6.07, 6.45) is 4.10. The summed E-state index contributed by atoms with van der Waals surface area (Å²) < 4.78 is 5.36. The van der Waals surface area contributed by atoms with E-state index in [1.807, 2.05) is 30.3 Å². The Hall–Kier alpha value is -1.36. The van der Waals surface area contributed by atoms with Crippen molar-refractivity contribution in [2.45, 2.75) is 37.1 Å². The maximum absolute atomic E-state index is 12.1.